The predicted molar refractivity (Wildman–Crippen MR) is 109 cm³/mol. The van der Waals surface area contributed by atoms with Crippen LogP contribution >= 0.6 is 0 Å². The molecule has 5 heteroatoms. The molecule has 3 rings (SSSR count). The smallest absolute Gasteiger partial charge is 0.254 e. The van der Waals surface area contributed by atoms with E-state index in [4.69, 9.17) is 0 Å². The summed E-state index contributed by atoms with van der Waals surface area (Å²) in [5.74, 6) is 0.453. The summed E-state index contributed by atoms with van der Waals surface area (Å²) in [6.45, 7) is 1.47. The number of allylic oxidation sites excluding steroid dienone is 1. The molecule has 1 aromatic heterocycles. The highest BCUT2D eigenvalue weighted by atomic mass is 16.1. The van der Waals surface area contributed by atoms with Crippen LogP contribution in [-0.2, 0) is 6.42 Å². The van der Waals surface area contributed by atoms with Gasteiger partial charge in [-0.25, -0.2) is 9.97 Å². The number of nitrogens with one attached hydrogen (secondary N) is 2. The number of nitrogens with zero attached hydrogens (tertiary/aromatic N) is 2. The molecule has 0 spiro atoms. The van der Waals surface area contributed by atoms with E-state index < -0.39 is 0 Å². The van der Waals surface area contributed by atoms with E-state index in [0.717, 1.165) is 25.8 Å². The van der Waals surface area contributed by atoms with Crippen LogP contribution in [0.25, 0.3) is 0 Å². The van der Waals surface area contributed by atoms with Crippen LogP contribution in [0.1, 0.15) is 54.4 Å². The highest BCUT2D eigenvalue weighted by Crippen LogP contribution is 2.19. The SMILES string of the molecule is O=C(NCCCc1ccccc1)c1cnc(NCCC2=CCCCC2)nc1. The van der Waals surface area contributed by atoms with Crippen LogP contribution in [0.2, 0.25) is 0 Å². The second-order valence-electron chi connectivity index (χ2n) is 6.93. The van der Waals surface area contributed by atoms with Gasteiger partial charge in [-0.05, 0) is 50.5 Å². The van der Waals surface area contributed by atoms with Gasteiger partial charge in [0.15, 0.2) is 0 Å². The number of hydrogen-bond acceptors (Lipinski definition) is 4. The molecule has 0 saturated carbocycles. The van der Waals surface area contributed by atoms with Crippen molar-refractivity contribution in [3.8, 4) is 0 Å². The summed E-state index contributed by atoms with van der Waals surface area (Å²) in [6, 6.07) is 10.3. The Hall–Kier alpha value is -2.69. The Balaban J connectivity index is 1.36. The van der Waals surface area contributed by atoms with Crippen LogP contribution < -0.4 is 10.6 Å². The summed E-state index contributed by atoms with van der Waals surface area (Å²) >= 11 is 0. The molecule has 1 heterocycles. The van der Waals surface area contributed by atoms with E-state index in [0.29, 0.717) is 18.1 Å². The van der Waals surface area contributed by atoms with Gasteiger partial charge in [0, 0.05) is 25.5 Å². The number of aromatic nitrogens is 2. The van der Waals surface area contributed by atoms with Gasteiger partial charge in [-0.2, -0.15) is 0 Å². The standard InChI is InChI=1S/C22H28N4O/c27-21(23-14-7-12-18-8-3-1-4-9-18)20-16-25-22(26-17-20)24-15-13-19-10-5-2-6-11-19/h1,3-4,8-10,16-17H,2,5-7,11-15H2,(H,23,27)(H,24,25,26). The molecule has 1 aliphatic rings. The molecule has 0 radical (unpaired) electrons. The maximum Gasteiger partial charge on any atom is 0.254 e. The van der Waals surface area contributed by atoms with Gasteiger partial charge in [-0.1, -0.05) is 42.0 Å². The van der Waals surface area contributed by atoms with Crippen LogP contribution in [0.15, 0.2) is 54.4 Å². The fourth-order valence-electron chi connectivity index (χ4n) is 3.24. The molecule has 0 atom stereocenters. The molecule has 27 heavy (non-hydrogen) atoms. The van der Waals surface area contributed by atoms with Gasteiger partial charge in [-0.15, -0.1) is 0 Å². The zero-order chi connectivity index (χ0) is 18.7. The van der Waals surface area contributed by atoms with Gasteiger partial charge in [0.1, 0.15) is 0 Å². The topological polar surface area (TPSA) is 66.9 Å². The molecule has 1 aromatic carbocycles. The average Bonchev–Trinajstić information content (AvgIpc) is 2.73. The number of aryl methyl sites for hydroxylation is 1. The van der Waals surface area contributed by atoms with Gasteiger partial charge >= 0.3 is 0 Å². The first-order valence-corrected chi connectivity index (χ1v) is 9.87. The zero-order valence-electron chi connectivity index (χ0n) is 15.8. The lowest BCUT2D eigenvalue weighted by atomic mass is 9.97. The number of rotatable bonds is 9. The number of amides is 1. The Kier molecular flexibility index (Phi) is 7.39. The minimum Gasteiger partial charge on any atom is -0.354 e. The molecule has 1 amide bonds. The first kappa shape index (κ1) is 19.1. The largest absolute Gasteiger partial charge is 0.354 e. The second-order valence-corrected chi connectivity index (χ2v) is 6.93. The minimum absolute atomic E-state index is 0.123. The third kappa shape index (κ3) is 6.51. The van der Waals surface area contributed by atoms with Crippen molar-refractivity contribution in [2.45, 2.75) is 44.9 Å². The zero-order valence-corrected chi connectivity index (χ0v) is 15.8. The van der Waals surface area contributed by atoms with Gasteiger partial charge in [0.2, 0.25) is 5.95 Å². The second kappa shape index (κ2) is 10.5. The Labute approximate surface area is 161 Å². The van der Waals surface area contributed by atoms with Crippen LogP contribution in [0.3, 0.4) is 0 Å². The van der Waals surface area contributed by atoms with Gasteiger partial charge in [0.25, 0.3) is 5.91 Å². The summed E-state index contributed by atoms with van der Waals surface area (Å²) in [4.78, 5) is 20.7. The van der Waals surface area contributed by atoms with Crippen molar-refractivity contribution < 1.29 is 4.79 Å². The van der Waals surface area contributed by atoms with E-state index in [1.807, 2.05) is 18.2 Å². The molecular weight excluding hydrogens is 336 g/mol. The van der Waals surface area contributed by atoms with Crippen molar-refractivity contribution in [2.24, 2.45) is 0 Å². The summed E-state index contributed by atoms with van der Waals surface area (Å²) in [5.41, 5.74) is 3.31. The van der Waals surface area contributed by atoms with Gasteiger partial charge in [0.05, 0.1) is 5.56 Å². The summed E-state index contributed by atoms with van der Waals surface area (Å²) in [7, 11) is 0. The van der Waals surface area contributed by atoms with E-state index in [1.54, 1.807) is 12.4 Å². The lowest BCUT2D eigenvalue weighted by Crippen LogP contribution is -2.25. The fraction of sp³-hybridized carbons (Fsp3) is 0.409. The molecule has 0 saturated heterocycles. The molecule has 142 valence electrons. The summed E-state index contributed by atoms with van der Waals surface area (Å²) in [5, 5.41) is 6.16. The molecule has 2 N–H and O–H groups in total. The van der Waals surface area contributed by atoms with Gasteiger partial charge in [-0.3, -0.25) is 4.79 Å². The summed E-state index contributed by atoms with van der Waals surface area (Å²) < 4.78 is 0. The first-order valence-electron chi connectivity index (χ1n) is 9.87. The molecule has 0 fully saturated rings. The number of hydrogen-bond donors (Lipinski definition) is 2. The highest BCUT2D eigenvalue weighted by Gasteiger charge is 2.07. The van der Waals surface area contributed by atoms with E-state index in [1.165, 1.54) is 36.8 Å². The molecule has 0 aliphatic heterocycles. The van der Waals surface area contributed by atoms with Crippen molar-refractivity contribution in [1.29, 1.82) is 0 Å². The molecule has 2 aromatic rings. The molecule has 1 aliphatic carbocycles. The number of carbonyl (C=O) groups is 1. The maximum absolute atomic E-state index is 12.2. The summed E-state index contributed by atoms with van der Waals surface area (Å²) in [6.07, 6.45) is 13.5. The first-order chi connectivity index (χ1) is 13.3. The van der Waals surface area contributed by atoms with Crippen LogP contribution in [-0.4, -0.2) is 29.0 Å². The third-order valence-corrected chi connectivity index (χ3v) is 4.80. The molecule has 0 unspecified atom stereocenters. The number of benzene rings is 1. The van der Waals surface area contributed by atoms with Crippen molar-refractivity contribution in [2.75, 3.05) is 18.4 Å². The van der Waals surface area contributed by atoms with Crippen molar-refractivity contribution >= 4 is 11.9 Å². The fourth-order valence-corrected chi connectivity index (χ4v) is 3.24. The van der Waals surface area contributed by atoms with E-state index in [-0.39, 0.29) is 5.91 Å². The Morgan fingerprint density at radius 1 is 1.00 bits per heavy atom. The molecule has 0 bridgehead atoms. The third-order valence-electron chi connectivity index (χ3n) is 4.80. The van der Waals surface area contributed by atoms with Crippen molar-refractivity contribution in [1.82, 2.24) is 15.3 Å². The van der Waals surface area contributed by atoms with Gasteiger partial charge < -0.3 is 10.6 Å². The molecular formula is C22H28N4O. The number of anilines is 1. The van der Waals surface area contributed by atoms with Crippen LogP contribution in [0.4, 0.5) is 5.95 Å². The Morgan fingerprint density at radius 2 is 1.81 bits per heavy atom. The average molecular weight is 364 g/mol. The number of carbonyl (C=O) groups excluding carboxylic acids is 1. The minimum atomic E-state index is -0.123. The lowest BCUT2D eigenvalue weighted by Gasteiger charge is -2.12. The van der Waals surface area contributed by atoms with Crippen LogP contribution in [0, 0.1) is 0 Å². The predicted octanol–water partition coefficient (Wildman–Crippen LogP) is 4.14. The Morgan fingerprint density at radius 3 is 2.56 bits per heavy atom. The lowest BCUT2D eigenvalue weighted by molar-refractivity contribution is 0.0952. The van der Waals surface area contributed by atoms with E-state index in [9.17, 15) is 4.79 Å². The van der Waals surface area contributed by atoms with E-state index in [2.05, 4.69) is 38.8 Å². The van der Waals surface area contributed by atoms with Crippen molar-refractivity contribution in [3.63, 3.8) is 0 Å². The van der Waals surface area contributed by atoms with Crippen molar-refractivity contribution in [3.05, 3.63) is 65.5 Å². The monoisotopic (exact) mass is 364 g/mol. The Bertz CT molecular complexity index is 741. The molecule has 5 nitrogen and oxygen atoms in total. The van der Waals surface area contributed by atoms with E-state index >= 15 is 0 Å². The highest BCUT2D eigenvalue weighted by molar-refractivity contribution is 5.93. The normalized spacial score (nSPS) is 13.7. The maximum atomic E-state index is 12.2. The quantitative estimate of drug-likeness (QED) is 0.518. The van der Waals surface area contributed by atoms with Crippen LogP contribution in [0.5, 0.6) is 0 Å².